The first-order valence-electron chi connectivity index (χ1n) is 5.43. The van der Waals surface area contributed by atoms with Gasteiger partial charge in [-0.15, -0.1) is 0 Å². The molecule has 18 heavy (non-hydrogen) atoms. The zero-order valence-corrected chi connectivity index (χ0v) is 9.84. The van der Waals surface area contributed by atoms with Crippen LogP contribution in [0, 0.1) is 18.3 Å². The molecule has 0 saturated heterocycles. The van der Waals surface area contributed by atoms with Gasteiger partial charge in [0.1, 0.15) is 0 Å². The number of amides is 1. The Morgan fingerprint density at radius 1 is 1.33 bits per heavy atom. The molecule has 1 heterocycles. The maximum atomic E-state index is 11.9. The monoisotopic (exact) mass is 237 g/mol. The van der Waals surface area contributed by atoms with E-state index < -0.39 is 0 Å². The molecule has 1 aromatic carbocycles. The molecule has 0 aliphatic heterocycles. The van der Waals surface area contributed by atoms with Gasteiger partial charge in [-0.25, -0.2) is 0 Å². The lowest BCUT2D eigenvalue weighted by Crippen LogP contribution is -2.12. The van der Waals surface area contributed by atoms with Crippen LogP contribution in [-0.2, 0) is 0 Å². The lowest BCUT2D eigenvalue weighted by Gasteiger charge is -2.05. The molecule has 1 N–H and O–H groups in total. The number of rotatable bonds is 2. The van der Waals surface area contributed by atoms with Crippen molar-refractivity contribution < 1.29 is 4.79 Å². The minimum Gasteiger partial charge on any atom is -0.322 e. The number of nitrogens with one attached hydrogen (secondary N) is 1. The summed E-state index contributed by atoms with van der Waals surface area (Å²) < 4.78 is 0. The largest absolute Gasteiger partial charge is 0.322 e. The van der Waals surface area contributed by atoms with E-state index in [0.29, 0.717) is 16.8 Å². The minimum atomic E-state index is -0.212. The van der Waals surface area contributed by atoms with Crippen molar-refractivity contribution in [1.82, 2.24) is 4.98 Å². The first-order chi connectivity index (χ1) is 8.69. The van der Waals surface area contributed by atoms with Gasteiger partial charge in [0, 0.05) is 23.1 Å². The second kappa shape index (κ2) is 5.11. The second-order valence-electron chi connectivity index (χ2n) is 3.83. The van der Waals surface area contributed by atoms with Gasteiger partial charge in [0.15, 0.2) is 0 Å². The predicted octanol–water partition coefficient (Wildman–Crippen LogP) is 2.51. The summed E-state index contributed by atoms with van der Waals surface area (Å²) >= 11 is 0. The first kappa shape index (κ1) is 11.8. The van der Waals surface area contributed by atoms with E-state index in [2.05, 4.69) is 10.3 Å². The van der Waals surface area contributed by atoms with Gasteiger partial charge in [0.2, 0.25) is 0 Å². The molecule has 0 radical (unpaired) electrons. The molecule has 0 spiro atoms. The number of carbonyl (C=O) groups excluding carboxylic acids is 1. The van der Waals surface area contributed by atoms with Crippen molar-refractivity contribution in [3.63, 3.8) is 0 Å². The van der Waals surface area contributed by atoms with Crippen LogP contribution in [-0.4, -0.2) is 10.9 Å². The van der Waals surface area contributed by atoms with Gasteiger partial charge in [-0.1, -0.05) is 6.07 Å². The Balaban J connectivity index is 2.19. The number of aromatic nitrogens is 1. The van der Waals surface area contributed by atoms with E-state index in [1.54, 1.807) is 42.6 Å². The molecule has 4 nitrogen and oxygen atoms in total. The van der Waals surface area contributed by atoms with E-state index in [9.17, 15) is 4.79 Å². The standard InChI is InChI=1S/C14H11N3O/c1-10-7-12(5-6-16-10)14(18)17-13-4-2-3-11(8-13)9-15/h2-8H,1H3,(H,17,18). The normalized spacial score (nSPS) is 9.56. The molecule has 0 unspecified atom stereocenters. The maximum Gasteiger partial charge on any atom is 0.255 e. The lowest BCUT2D eigenvalue weighted by atomic mass is 10.2. The molecule has 0 saturated carbocycles. The molecule has 0 atom stereocenters. The van der Waals surface area contributed by atoms with Crippen LogP contribution in [0.25, 0.3) is 0 Å². The third-order valence-electron chi connectivity index (χ3n) is 2.41. The Bertz CT molecular complexity index is 629. The smallest absolute Gasteiger partial charge is 0.255 e. The Morgan fingerprint density at radius 2 is 2.17 bits per heavy atom. The Kier molecular flexibility index (Phi) is 3.35. The van der Waals surface area contributed by atoms with E-state index in [1.165, 1.54) is 0 Å². The van der Waals surface area contributed by atoms with Crippen LogP contribution >= 0.6 is 0 Å². The van der Waals surface area contributed by atoms with Crippen molar-refractivity contribution in [2.45, 2.75) is 6.92 Å². The molecule has 0 fully saturated rings. The molecular weight excluding hydrogens is 226 g/mol. The SMILES string of the molecule is Cc1cc(C(=O)Nc2cccc(C#N)c2)ccn1. The summed E-state index contributed by atoms with van der Waals surface area (Å²) in [7, 11) is 0. The fourth-order valence-electron chi connectivity index (χ4n) is 1.56. The summed E-state index contributed by atoms with van der Waals surface area (Å²) in [4.78, 5) is 16.0. The number of nitrogens with zero attached hydrogens (tertiary/aromatic N) is 2. The maximum absolute atomic E-state index is 11.9. The molecule has 4 heteroatoms. The highest BCUT2D eigenvalue weighted by atomic mass is 16.1. The van der Waals surface area contributed by atoms with Crippen LogP contribution in [0.5, 0.6) is 0 Å². The molecular formula is C14H11N3O. The van der Waals surface area contributed by atoms with Crippen LogP contribution in [0.4, 0.5) is 5.69 Å². The fourth-order valence-corrected chi connectivity index (χ4v) is 1.56. The van der Waals surface area contributed by atoms with Gasteiger partial charge < -0.3 is 5.32 Å². The van der Waals surface area contributed by atoms with Gasteiger partial charge >= 0.3 is 0 Å². The van der Waals surface area contributed by atoms with Crippen molar-refractivity contribution in [3.05, 3.63) is 59.4 Å². The van der Waals surface area contributed by atoms with E-state index >= 15 is 0 Å². The van der Waals surface area contributed by atoms with E-state index in [4.69, 9.17) is 5.26 Å². The zero-order valence-electron chi connectivity index (χ0n) is 9.84. The molecule has 0 aliphatic carbocycles. The van der Waals surface area contributed by atoms with Gasteiger partial charge in [-0.3, -0.25) is 9.78 Å². The number of pyridine rings is 1. The van der Waals surface area contributed by atoms with E-state index in [-0.39, 0.29) is 5.91 Å². The van der Waals surface area contributed by atoms with Crippen LogP contribution in [0.3, 0.4) is 0 Å². The summed E-state index contributed by atoms with van der Waals surface area (Å²) in [6.45, 7) is 1.83. The summed E-state index contributed by atoms with van der Waals surface area (Å²) in [5, 5.41) is 11.5. The summed E-state index contributed by atoms with van der Waals surface area (Å²) in [6, 6.07) is 12.2. The Labute approximate surface area is 105 Å². The minimum absolute atomic E-state index is 0.212. The number of benzene rings is 1. The number of aryl methyl sites for hydroxylation is 1. The van der Waals surface area contributed by atoms with E-state index in [0.717, 1.165) is 5.69 Å². The van der Waals surface area contributed by atoms with Crippen LogP contribution in [0.1, 0.15) is 21.6 Å². The van der Waals surface area contributed by atoms with Crippen molar-refractivity contribution in [2.24, 2.45) is 0 Å². The Hall–Kier alpha value is -2.67. The van der Waals surface area contributed by atoms with Crippen molar-refractivity contribution >= 4 is 11.6 Å². The van der Waals surface area contributed by atoms with Gasteiger partial charge in [0.05, 0.1) is 11.6 Å². The molecule has 88 valence electrons. The Morgan fingerprint density at radius 3 is 2.89 bits per heavy atom. The average molecular weight is 237 g/mol. The second-order valence-corrected chi connectivity index (χ2v) is 3.83. The number of hydrogen-bond acceptors (Lipinski definition) is 3. The molecule has 1 aromatic heterocycles. The predicted molar refractivity (Wildman–Crippen MR) is 68.1 cm³/mol. The molecule has 0 bridgehead atoms. The third kappa shape index (κ3) is 2.71. The van der Waals surface area contributed by atoms with E-state index in [1.807, 2.05) is 13.0 Å². The lowest BCUT2D eigenvalue weighted by molar-refractivity contribution is 0.102. The van der Waals surface area contributed by atoms with Crippen molar-refractivity contribution in [2.75, 3.05) is 5.32 Å². The fraction of sp³-hybridized carbons (Fsp3) is 0.0714. The summed E-state index contributed by atoms with van der Waals surface area (Å²) in [5.41, 5.74) is 2.45. The van der Waals surface area contributed by atoms with Crippen molar-refractivity contribution in [1.29, 1.82) is 5.26 Å². The van der Waals surface area contributed by atoms with Gasteiger partial charge in [-0.05, 0) is 37.3 Å². The quantitative estimate of drug-likeness (QED) is 0.872. The molecule has 1 amide bonds. The van der Waals surface area contributed by atoms with Crippen LogP contribution in [0.15, 0.2) is 42.6 Å². The number of hydrogen-bond donors (Lipinski definition) is 1. The van der Waals surface area contributed by atoms with Gasteiger partial charge in [-0.2, -0.15) is 5.26 Å². The average Bonchev–Trinajstić information content (AvgIpc) is 2.39. The number of anilines is 1. The third-order valence-corrected chi connectivity index (χ3v) is 2.41. The highest BCUT2D eigenvalue weighted by Gasteiger charge is 2.06. The molecule has 2 rings (SSSR count). The molecule has 0 aliphatic rings. The van der Waals surface area contributed by atoms with Crippen LogP contribution < -0.4 is 5.32 Å². The zero-order chi connectivity index (χ0) is 13.0. The van der Waals surface area contributed by atoms with Crippen molar-refractivity contribution in [3.8, 4) is 6.07 Å². The highest BCUT2D eigenvalue weighted by molar-refractivity contribution is 6.04. The van der Waals surface area contributed by atoms with Gasteiger partial charge in [0.25, 0.3) is 5.91 Å². The number of nitriles is 1. The summed E-state index contributed by atoms with van der Waals surface area (Å²) in [6.07, 6.45) is 1.59. The number of carbonyl (C=O) groups is 1. The topological polar surface area (TPSA) is 65.8 Å². The molecule has 2 aromatic rings. The first-order valence-corrected chi connectivity index (χ1v) is 5.43. The van der Waals surface area contributed by atoms with Crippen LogP contribution in [0.2, 0.25) is 0 Å². The summed E-state index contributed by atoms with van der Waals surface area (Å²) in [5.74, 6) is -0.212. The highest BCUT2D eigenvalue weighted by Crippen LogP contribution is 2.11.